The molecule has 0 bridgehead atoms. The van der Waals surface area contributed by atoms with E-state index >= 15 is 0 Å². The van der Waals surface area contributed by atoms with Crippen molar-refractivity contribution in [3.05, 3.63) is 18.0 Å². The van der Waals surface area contributed by atoms with Crippen molar-refractivity contribution in [2.45, 2.75) is 32.0 Å². The molecular weight excluding hydrogens is 180 g/mol. The van der Waals surface area contributed by atoms with Gasteiger partial charge in [0.2, 0.25) is 0 Å². The first-order valence-electron chi connectivity index (χ1n) is 5.11. The van der Waals surface area contributed by atoms with E-state index in [0.29, 0.717) is 18.6 Å². The summed E-state index contributed by atoms with van der Waals surface area (Å²) in [5.74, 6) is 1.31. The van der Waals surface area contributed by atoms with Crippen LogP contribution in [0.3, 0.4) is 0 Å². The van der Waals surface area contributed by atoms with Gasteiger partial charge in [-0.2, -0.15) is 0 Å². The topological polar surface area (TPSA) is 61.3 Å². The SMILES string of the molecule is NCC1CCCC1OCc1ccno1. The Hall–Kier alpha value is -0.870. The highest BCUT2D eigenvalue weighted by molar-refractivity contribution is 4.91. The summed E-state index contributed by atoms with van der Waals surface area (Å²) in [6.45, 7) is 1.24. The first-order chi connectivity index (χ1) is 6.90. The van der Waals surface area contributed by atoms with Crippen molar-refractivity contribution in [2.75, 3.05) is 6.54 Å². The molecule has 1 aromatic heterocycles. The van der Waals surface area contributed by atoms with Gasteiger partial charge in [0.25, 0.3) is 0 Å². The summed E-state index contributed by atoms with van der Waals surface area (Å²) in [6, 6.07) is 1.83. The van der Waals surface area contributed by atoms with Crippen LogP contribution < -0.4 is 5.73 Å². The normalized spacial score (nSPS) is 26.9. The number of rotatable bonds is 4. The molecule has 78 valence electrons. The Morgan fingerprint density at radius 2 is 2.50 bits per heavy atom. The standard InChI is InChI=1S/C10H16N2O2/c11-6-8-2-1-3-10(8)13-7-9-4-5-12-14-9/h4-5,8,10H,1-3,6-7,11H2. The molecule has 2 atom stereocenters. The maximum Gasteiger partial charge on any atom is 0.162 e. The van der Waals surface area contributed by atoms with Gasteiger partial charge < -0.3 is 15.0 Å². The molecule has 2 unspecified atom stereocenters. The van der Waals surface area contributed by atoms with Gasteiger partial charge in [-0.25, -0.2) is 0 Å². The van der Waals surface area contributed by atoms with Gasteiger partial charge in [-0.3, -0.25) is 0 Å². The second-order valence-electron chi connectivity index (χ2n) is 3.75. The molecule has 1 heterocycles. The maximum atomic E-state index is 5.74. The molecule has 1 fully saturated rings. The Bertz CT molecular complexity index is 261. The summed E-state index contributed by atoms with van der Waals surface area (Å²) in [6.07, 6.45) is 5.48. The molecule has 0 radical (unpaired) electrons. The Labute approximate surface area is 83.4 Å². The third-order valence-electron chi connectivity index (χ3n) is 2.82. The molecule has 2 rings (SSSR count). The van der Waals surface area contributed by atoms with Gasteiger partial charge in [0.05, 0.1) is 12.3 Å². The van der Waals surface area contributed by atoms with E-state index in [1.165, 1.54) is 12.8 Å². The summed E-state index contributed by atoms with van der Waals surface area (Å²) in [5.41, 5.74) is 5.66. The predicted molar refractivity (Wildman–Crippen MR) is 51.5 cm³/mol. The van der Waals surface area contributed by atoms with Gasteiger partial charge >= 0.3 is 0 Å². The molecule has 1 saturated carbocycles. The van der Waals surface area contributed by atoms with Crippen LogP contribution in [0.1, 0.15) is 25.0 Å². The molecule has 0 aromatic carbocycles. The van der Waals surface area contributed by atoms with E-state index < -0.39 is 0 Å². The zero-order valence-corrected chi connectivity index (χ0v) is 8.19. The van der Waals surface area contributed by atoms with E-state index in [2.05, 4.69) is 5.16 Å². The number of nitrogens with zero attached hydrogens (tertiary/aromatic N) is 1. The molecule has 1 aromatic rings. The van der Waals surface area contributed by atoms with Crippen LogP contribution in [0.5, 0.6) is 0 Å². The van der Waals surface area contributed by atoms with Crippen LogP contribution in [0.4, 0.5) is 0 Å². The van der Waals surface area contributed by atoms with E-state index in [1.54, 1.807) is 6.20 Å². The Balaban J connectivity index is 1.80. The van der Waals surface area contributed by atoms with Gasteiger partial charge in [0.1, 0.15) is 6.61 Å². The zero-order valence-electron chi connectivity index (χ0n) is 8.19. The summed E-state index contributed by atoms with van der Waals surface area (Å²) in [4.78, 5) is 0. The molecule has 0 spiro atoms. The molecule has 4 nitrogen and oxygen atoms in total. The highest BCUT2D eigenvalue weighted by atomic mass is 16.5. The minimum atomic E-state index is 0.310. The van der Waals surface area contributed by atoms with Crippen molar-refractivity contribution in [2.24, 2.45) is 11.7 Å². The lowest BCUT2D eigenvalue weighted by Crippen LogP contribution is -2.25. The Morgan fingerprint density at radius 3 is 3.21 bits per heavy atom. The lowest BCUT2D eigenvalue weighted by Gasteiger charge is -2.17. The largest absolute Gasteiger partial charge is 0.370 e. The van der Waals surface area contributed by atoms with E-state index in [4.69, 9.17) is 15.0 Å². The van der Waals surface area contributed by atoms with Crippen LogP contribution in [0, 0.1) is 5.92 Å². The predicted octanol–water partition coefficient (Wildman–Crippen LogP) is 1.32. The van der Waals surface area contributed by atoms with E-state index in [0.717, 1.165) is 18.7 Å². The molecule has 1 aliphatic rings. The van der Waals surface area contributed by atoms with E-state index in [1.807, 2.05) is 6.07 Å². The summed E-state index contributed by atoms with van der Waals surface area (Å²) in [7, 11) is 0. The smallest absolute Gasteiger partial charge is 0.162 e. The first kappa shape index (κ1) is 9.68. The van der Waals surface area contributed by atoms with Crippen molar-refractivity contribution >= 4 is 0 Å². The summed E-state index contributed by atoms with van der Waals surface area (Å²) in [5, 5.41) is 3.63. The average Bonchev–Trinajstić information content (AvgIpc) is 2.85. The minimum absolute atomic E-state index is 0.310. The van der Waals surface area contributed by atoms with Crippen LogP contribution in [-0.2, 0) is 11.3 Å². The second kappa shape index (κ2) is 4.57. The van der Waals surface area contributed by atoms with Crippen molar-refractivity contribution in [1.29, 1.82) is 0 Å². The number of hydrogen-bond acceptors (Lipinski definition) is 4. The van der Waals surface area contributed by atoms with Crippen molar-refractivity contribution in [1.82, 2.24) is 5.16 Å². The average molecular weight is 196 g/mol. The van der Waals surface area contributed by atoms with E-state index in [9.17, 15) is 0 Å². The van der Waals surface area contributed by atoms with Gasteiger partial charge in [-0.05, 0) is 25.3 Å². The highest BCUT2D eigenvalue weighted by Crippen LogP contribution is 2.27. The highest BCUT2D eigenvalue weighted by Gasteiger charge is 2.26. The fraction of sp³-hybridized carbons (Fsp3) is 0.700. The van der Waals surface area contributed by atoms with Gasteiger partial charge in [-0.15, -0.1) is 0 Å². The van der Waals surface area contributed by atoms with Crippen LogP contribution >= 0.6 is 0 Å². The molecule has 0 aliphatic heterocycles. The molecule has 0 amide bonds. The van der Waals surface area contributed by atoms with Crippen molar-refractivity contribution in [3.63, 3.8) is 0 Å². The second-order valence-corrected chi connectivity index (χ2v) is 3.75. The van der Waals surface area contributed by atoms with Gasteiger partial charge in [0, 0.05) is 6.07 Å². The monoisotopic (exact) mass is 196 g/mol. The third-order valence-corrected chi connectivity index (χ3v) is 2.82. The van der Waals surface area contributed by atoms with Gasteiger partial charge in [0.15, 0.2) is 5.76 Å². The van der Waals surface area contributed by atoms with Crippen molar-refractivity contribution in [3.8, 4) is 0 Å². The molecule has 2 N–H and O–H groups in total. The van der Waals surface area contributed by atoms with Crippen LogP contribution in [0.2, 0.25) is 0 Å². The van der Waals surface area contributed by atoms with Crippen molar-refractivity contribution < 1.29 is 9.26 Å². The molecule has 1 aliphatic carbocycles. The first-order valence-corrected chi connectivity index (χ1v) is 5.11. The van der Waals surface area contributed by atoms with Gasteiger partial charge in [-0.1, -0.05) is 11.6 Å². The minimum Gasteiger partial charge on any atom is -0.370 e. The zero-order chi connectivity index (χ0) is 9.80. The molecule has 0 saturated heterocycles. The number of aromatic nitrogens is 1. The number of hydrogen-bond donors (Lipinski definition) is 1. The number of ether oxygens (including phenoxy) is 1. The Kier molecular flexibility index (Phi) is 3.16. The fourth-order valence-electron chi connectivity index (χ4n) is 2.00. The molecule has 14 heavy (non-hydrogen) atoms. The fourth-order valence-corrected chi connectivity index (χ4v) is 2.00. The molecule has 4 heteroatoms. The van der Waals surface area contributed by atoms with Crippen LogP contribution in [0.25, 0.3) is 0 Å². The van der Waals surface area contributed by atoms with E-state index in [-0.39, 0.29) is 0 Å². The maximum absolute atomic E-state index is 5.74. The van der Waals surface area contributed by atoms with Crippen LogP contribution in [0.15, 0.2) is 16.8 Å². The Morgan fingerprint density at radius 1 is 1.57 bits per heavy atom. The van der Waals surface area contributed by atoms with Crippen LogP contribution in [-0.4, -0.2) is 17.8 Å². The molecular formula is C10H16N2O2. The summed E-state index contributed by atoms with van der Waals surface area (Å²) < 4.78 is 10.7. The lowest BCUT2D eigenvalue weighted by molar-refractivity contribution is 0.00779. The quantitative estimate of drug-likeness (QED) is 0.788. The lowest BCUT2D eigenvalue weighted by atomic mass is 10.1. The third kappa shape index (κ3) is 2.13. The number of nitrogens with two attached hydrogens (primary N) is 1. The summed E-state index contributed by atoms with van der Waals surface area (Å²) >= 11 is 0.